The summed E-state index contributed by atoms with van der Waals surface area (Å²) in [4.78, 5) is 19.7. The lowest BCUT2D eigenvalue weighted by Gasteiger charge is -2.27. The zero-order valence-electron chi connectivity index (χ0n) is 10.7. The predicted molar refractivity (Wildman–Crippen MR) is 74.7 cm³/mol. The Kier molecular flexibility index (Phi) is 2.20. The maximum absolute atomic E-state index is 11.5. The molecule has 2 aromatic heterocycles. The number of carboxylic acids is 1. The number of nitrogens with zero attached hydrogens (tertiary/aromatic N) is 3. The van der Waals surface area contributed by atoms with Crippen molar-refractivity contribution in [1.29, 1.82) is 0 Å². The number of hydrogen-bond donors (Lipinski definition) is 2. The number of carbonyl (C=O) groups is 1. The van der Waals surface area contributed by atoms with Gasteiger partial charge in [0.15, 0.2) is 0 Å². The van der Waals surface area contributed by atoms with Gasteiger partial charge in [0.2, 0.25) is 0 Å². The summed E-state index contributed by atoms with van der Waals surface area (Å²) in [6.07, 6.45) is 1.82. The van der Waals surface area contributed by atoms with Gasteiger partial charge in [0.1, 0.15) is 17.7 Å². The van der Waals surface area contributed by atoms with Crippen LogP contribution in [0.4, 0.5) is 5.69 Å². The zero-order chi connectivity index (χ0) is 14.6. The van der Waals surface area contributed by atoms with Gasteiger partial charge in [-0.15, -0.1) is 0 Å². The van der Waals surface area contributed by atoms with Crippen molar-refractivity contribution in [3.8, 4) is 17.0 Å². The Morgan fingerprint density at radius 1 is 1.43 bits per heavy atom. The van der Waals surface area contributed by atoms with Crippen molar-refractivity contribution in [2.75, 3.05) is 5.73 Å². The molecule has 1 aromatic carbocycles. The second-order valence-electron chi connectivity index (χ2n) is 4.73. The number of carboxylic acid groups (broad SMARTS) is 1. The average Bonchev–Trinajstić information content (AvgIpc) is 2.85. The van der Waals surface area contributed by atoms with Gasteiger partial charge in [-0.25, -0.2) is 14.8 Å². The van der Waals surface area contributed by atoms with E-state index in [1.165, 1.54) is 10.9 Å². The second kappa shape index (κ2) is 3.95. The normalized spacial score (nSPS) is 16.1. The molecule has 7 nitrogen and oxygen atoms in total. The zero-order valence-corrected chi connectivity index (χ0v) is 10.7. The molecule has 0 saturated heterocycles. The molecule has 3 aromatic rings. The van der Waals surface area contributed by atoms with E-state index in [2.05, 4.69) is 9.97 Å². The first-order valence-corrected chi connectivity index (χ1v) is 6.26. The summed E-state index contributed by atoms with van der Waals surface area (Å²) < 4.78 is 7.12. The van der Waals surface area contributed by atoms with Gasteiger partial charge in [-0.05, 0) is 18.2 Å². The van der Waals surface area contributed by atoms with Gasteiger partial charge >= 0.3 is 5.97 Å². The SMILES string of the molecule is Nc1cccc2c1-c1cc3cncnc3n1C(C(=O)O)O2. The smallest absolute Gasteiger partial charge is 0.367 e. The lowest BCUT2D eigenvalue weighted by atomic mass is 10.1. The standard InChI is InChI=1S/C14H10N4O3/c15-8-2-1-3-10-11(8)9-4-7-5-16-6-17-12(7)18(9)13(21-10)14(19)20/h1-6,13H,15H2,(H,19,20). The van der Waals surface area contributed by atoms with Crippen LogP contribution in [-0.2, 0) is 4.79 Å². The molecule has 104 valence electrons. The summed E-state index contributed by atoms with van der Waals surface area (Å²) in [5, 5.41) is 10.2. The monoisotopic (exact) mass is 282 g/mol. The Balaban J connectivity index is 2.13. The number of ether oxygens (including phenoxy) is 1. The Morgan fingerprint density at radius 2 is 2.29 bits per heavy atom. The Labute approximate surface area is 118 Å². The first-order valence-electron chi connectivity index (χ1n) is 6.26. The van der Waals surface area contributed by atoms with Crippen LogP contribution in [0.5, 0.6) is 5.75 Å². The van der Waals surface area contributed by atoms with Crippen molar-refractivity contribution in [1.82, 2.24) is 14.5 Å². The van der Waals surface area contributed by atoms with Gasteiger partial charge in [0, 0.05) is 17.3 Å². The molecule has 1 unspecified atom stereocenters. The summed E-state index contributed by atoms with van der Waals surface area (Å²) in [6.45, 7) is 0. The van der Waals surface area contributed by atoms with Crippen LogP contribution >= 0.6 is 0 Å². The van der Waals surface area contributed by atoms with Crippen LogP contribution in [-0.4, -0.2) is 25.6 Å². The first-order chi connectivity index (χ1) is 10.2. The summed E-state index contributed by atoms with van der Waals surface area (Å²) in [5.41, 5.74) is 8.38. The fourth-order valence-corrected chi connectivity index (χ4v) is 2.65. The highest BCUT2D eigenvalue weighted by molar-refractivity contribution is 5.92. The van der Waals surface area contributed by atoms with E-state index in [1.54, 1.807) is 24.4 Å². The summed E-state index contributed by atoms with van der Waals surface area (Å²) in [5.74, 6) is -0.647. The lowest BCUT2D eigenvalue weighted by molar-refractivity contribution is -0.149. The quantitative estimate of drug-likeness (QED) is 0.658. The number of aromatic nitrogens is 3. The third-order valence-electron chi connectivity index (χ3n) is 3.50. The molecule has 1 atom stereocenters. The Bertz CT molecular complexity index is 887. The molecule has 3 N–H and O–H groups in total. The minimum Gasteiger partial charge on any atom is -0.477 e. The van der Waals surface area contributed by atoms with E-state index in [-0.39, 0.29) is 0 Å². The number of benzene rings is 1. The van der Waals surface area contributed by atoms with Crippen molar-refractivity contribution in [3.63, 3.8) is 0 Å². The maximum atomic E-state index is 11.5. The number of nitrogens with two attached hydrogens (primary N) is 1. The second-order valence-corrected chi connectivity index (χ2v) is 4.73. The lowest BCUT2D eigenvalue weighted by Crippen LogP contribution is -2.28. The van der Waals surface area contributed by atoms with Crippen LogP contribution < -0.4 is 10.5 Å². The van der Waals surface area contributed by atoms with Crippen LogP contribution in [0.1, 0.15) is 6.23 Å². The fourth-order valence-electron chi connectivity index (χ4n) is 2.65. The molecule has 4 rings (SSSR count). The number of aliphatic carboxylic acids is 1. The number of rotatable bonds is 1. The van der Waals surface area contributed by atoms with E-state index in [0.717, 1.165) is 5.39 Å². The number of fused-ring (bicyclic) bond motifs is 5. The molecule has 0 fully saturated rings. The molecule has 21 heavy (non-hydrogen) atoms. The van der Waals surface area contributed by atoms with Crippen LogP contribution in [0.25, 0.3) is 22.3 Å². The molecule has 0 bridgehead atoms. The molecular formula is C14H10N4O3. The van der Waals surface area contributed by atoms with Gasteiger partial charge in [0.05, 0.1) is 11.3 Å². The number of nitrogen functional groups attached to an aromatic ring is 1. The highest BCUT2D eigenvalue weighted by Gasteiger charge is 2.33. The van der Waals surface area contributed by atoms with Crippen molar-refractivity contribution in [2.24, 2.45) is 0 Å². The van der Waals surface area contributed by atoms with Gasteiger partial charge in [0.25, 0.3) is 6.23 Å². The van der Waals surface area contributed by atoms with Gasteiger partial charge in [-0.2, -0.15) is 0 Å². The van der Waals surface area contributed by atoms with Crippen LogP contribution in [0, 0.1) is 0 Å². The molecule has 7 heteroatoms. The summed E-state index contributed by atoms with van der Waals surface area (Å²) in [6, 6.07) is 7.00. The molecule has 0 amide bonds. The van der Waals surface area contributed by atoms with E-state index in [4.69, 9.17) is 10.5 Å². The number of hydrogen-bond acceptors (Lipinski definition) is 5. The van der Waals surface area contributed by atoms with Gasteiger partial charge in [-0.1, -0.05) is 6.07 Å². The average molecular weight is 282 g/mol. The highest BCUT2D eigenvalue weighted by Crippen LogP contribution is 2.44. The van der Waals surface area contributed by atoms with Gasteiger partial charge in [-0.3, -0.25) is 4.57 Å². The Hall–Kier alpha value is -3.09. The van der Waals surface area contributed by atoms with Crippen LogP contribution in [0.15, 0.2) is 36.8 Å². The molecule has 0 radical (unpaired) electrons. The van der Waals surface area contributed by atoms with E-state index in [1.807, 2.05) is 6.07 Å². The molecular weight excluding hydrogens is 272 g/mol. The third-order valence-corrected chi connectivity index (χ3v) is 3.50. The third kappa shape index (κ3) is 1.51. The minimum atomic E-state index is -1.18. The van der Waals surface area contributed by atoms with E-state index < -0.39 is 12.2 Å². The van der Waals surface area contributed by atoms with E-state index in [9.17, 15) is 9.90 Å². The fraction of sp³-hybridized carbons (Fsp3) is 0.0714. The van der Waals surface area contributed by atoms with E-state index in [0.29, 0.717) is 28.3 Å². The Morgan fingerprint density at radius 3 is 3.10 bits per heavy atom. The molecule has 0 saturated carbocycles. The van der Waals surface area contributed by atoms with Crippen molar-refractivity contribution in [3.05, 3.63) is 36.8 Å². The summed E-state index contributed by atoms with van der Waals surface area (Å²) in [7, 11) is 0. The predicted octanol–water partition coefficient (Wildman–Crippen LogP) is 1.66. The molecule has 0 spiro atoms. The highest BCUT2D eigenvalue weighted by atomic mass is 16.5. The largest absolute Gasteiger partial charge is 0.477 e. The minimum absolute atomic E-state index is 0.450. The molecule has 3 heterocycles. The topological polar surface area (TPSA) is 103 Å². The summed E-state index contributed by atoms with van der Waals surface area (Å²) >= 11 is 0. The van der Waals surface area contributed by atoms with Crippen molar-refractivity contribution in [2.45, 2.75) is 6.23 Å². The van der Waals surface area contributed by atoms with Crippen molar-refractivity contribution >= 4 is 22.7 Å². The molecule has 0 aliphatic carbocycles. The maximum Gasteiger partial charge on any atom is 0.367 e. The number of anilines is 1. The molecule has 1 aliphatic rings. The van der Waals surface area contributed by atoms with Crippen LogP contribution in [0.3, 0.4) is 0 Å². The van der Waals surface area contributed by atoms with Crippen molar-refractivity contribution < 1.29 is 14.6 Å². The van der Waals surface area contributed by atoms with E-state index >= 15 is 0 Å². The van der Waals surface area contributed by atoms with Gasteiger partial charge < -0.3 is 15.6 Å². The van der Waals surface area contributed by atoms with Crippen LogP contribution in [0.2, 0.25) is 0 Å². The first kappa shape index (κ1) is 11.7. The molecule has 1 aliphatic heterocycles.